The summed E-state index contributed by atoms with van der Waals surface area (Å²) in [4.78, 5) is 0. The van der Waals surface area contributed by atoms with Crippen molar-refractivity contribution in [2.75, 3.05) is 19.1 Å². The van der Waals surface area contributed by atoms with Crippen LogP contribution in [-0.4, -0.2) is 19.1 Å². The number of rotatable bonds is 13. The average Bonchev–Trinajstić information content (AvgIpc) is 2.43. The lowest BCUT2D eigenvalue weighted by molar-refractivity contribution is 0.167. The molecule has 0 saturated heterocycles. The second-order valence-corrected chi connectivity index (χ2v) is 4.97. The van der Waals surface area contributed by atoms with E-state index in [2.05, 4.69) is 24.8 Å². The first kappa shape index (κ1) is 18.5. The molecule has 0 rings (SSSR count). The first-order valence-electron chi connectivity index (χ1n) is 7.60. The fourth-order valence-corrected chi connectivity index (χ4v) is 1.75. The highest BCUT2D eigenvalue weighted by molar-refractivity contribution is 6.17. The Labute approximate surface area is 124 Å². The van der Waals surface area contributed by atoms with E-state index in [-0.39, 0.29) is 0 Å². The minimum atomic E-state index is 0.728. The summed E-state index contributed by atoms with van der Waals surface area (Å²) in [6.07, 6.45) is 17.9. The Bertz CT molecular complexity index is 252. The minimum absolute atomic E-state index is 0.728. The van der Waals surface area contributed by atoms with Crippen LogP contribution in [0.2, 0.25) is 0 Å². The lowest BCUT2D eigenvalue weighted by Crippen LogP contribution is -1.92. The van der Waals surface area contributed by atoms with Gasteiger partial charge < -0.3 is 4.74 Å². The number of alkyl halides is 1. The van der Waals surface area contributed by atoms with Crippen LogP contribution in [0.25, 0.3) is 0 Å². The largest absolute Gasteiger partial charge is 0.377 e. The van der Waals surface area contributed by atoms with Crippen molar-refractivity contribution in [2.45, 2.75) is 58.3 Å². The van der Waals surface area contributed by atoms with Crippen molar-refractivity contribution >= 4 is 11.6 Å². The standard InChI is InChI=1S/C17H29ClO/c1-2-3-4-5-7-10-13-16-19-17-14-11-8-6-9-12-15-18/h6,10-11,13H,2-5,7,9,12,14-17H2,1H3/b13-10-. The number of halogens is 1. The van der Waals surface area contributed by atoms with Gasteiger partial charge in [0.25, 0.3) is 0 Å². The van der Waals surface area contributed by atoms with Crippen molar-refractivity contribution in [1.29, 1.82) is 0 Å². The summed E-state index contributed by atoms with van der Waals surface area (Å²) in [6.45, 7) is 3.75. The molecule has 0 radical (unpaired) electrons. The molecule has 0 N–H and O–H groups in total. The van der Waals surface area contributed by atoms with Gasteiger partial charge in [-0.15, -0.1) is 17.3 Å². The van der Waals surface area contributed by atoms with Gasteiger partial charge in [-0.2, -0.15) is 0 Å². The van der Waals surface area contributed by atoms with E-state index >= 15 is 0 Å². The third-order valence-electron chi connectivity index (χ3n) is 2.73. The number of ether oxygens (including phenoxy) is 1. The van der Waals surface area contributed by atoms with Gasteiger partial charge in [-0.25, -0.2) is 0 Å². The van der Waals surface area contributed by atoms with Gasteiger partial charge >= 0.3 is 0 Å². The van der Waals surface area contributed by atoms with Crippen molar-refractivity contribution in [3.8, 4) is 0 Å². The van der Waals surface area contributed by atoms with Gasteiger partial charge in [-0.3, -0.25) is 0 Å². The molecule has 0 aliphatic carbocycles. The Morgan fingerprint density at radius 2 is 1.79 bits per heavy atom. The minimum Gasteiger partial charge on any atom is -0.377 e. The van der Waals surface area contributed by atoms with Crippen LogP contribution >= 0.6 is 11.6 Å². The average molecular weight is 285 g/mol. The van der Waals surface area contributed by atoms with E-state index in [1.54, 1.807) is 0 Å². The smallest absolute Gasteiger partial charge is 0.0647 e. The predicted molar refractivity (Wildman–Crippen MR) is 85.9 cm³/mol. The maximum absolute atomic E-state index is 5.58. The molecular formula is C17H29ClO. The molecule has 0 aromatic rings. The van der Waals surface area contributed by atoms with Crippen LogP contribution in [0.4, 0.5) is 0 Å². The topological polar surface area (TPSA) is 9.23 Å². The molecule has 0 spiro atoms. The van der Waals surface area contributed by atoms with Gasteiger partial charge in [0.2, 0.25) is 0 Å². The first-order valence-corrected chi connectivity index (χ1v) is 8.13. The third-order valence-corrected chi connectivity index (χ3v) is 3.00. The summed E-state index contributed by atoms with van der Waals surface area (Å²) in [6, 6.07) is 0. The Morgan fingerprint density at radius 3 is 2.58 bits per heavy atom. The van der Waals surface area contributed by atoms with E-state index < -0.39 is 0 Å². The van der Waals surface area contributed by atoms with Gasteiger partial charge in [0, 0.05) is 5.88 Å². The SMILES string of the molecule is CCCCCC/C=C\COCCC=C=CCCCCl. The van der Waals surface area contributed by atoms with Crippen LogP contribution < -0.4 is 0 Å². The fourth-order valence-electron chi connectivity index (χ4n) is 1.60. The van der Waals surface area contributed by atoms with Crippen molar-refractivity contribution in [2.24, 2.45) is 0 Å². The van der Waals surface area contributed by atoms with Gasteiger partial charge in [0.15, 0.2) is 0 Å². The van der Waals surface area contributed by atoms with Crippen molar-refractivity contribution in [3.63, 3.8) is 0 Å². The van der Waals surface area contributed by atoms with E-state index in [1.807, 2.05) is 12.2 Å². The molecule has 0 bridgehead atoms. The molecule has 0 saturated carbocycles. The molecule has 0 heterocycles. The number of allylic oxidation sites excluding steroid dienone is 1. The lowest BCUT2D eigenvalue weighted by atomic mass is 10.1. The van der Waals surface area contributed by atoms with E-state index in [0.717, 1.165) is 38.4 Å². The summed E-state index contributed by atoms with van der Waals surface area (Å²) in [5.41, 5.74) is 3.14. The summed E-state index contributed by atoms with van der Waals surface area (Å²) < 4.78 is 5.50. The maximum atomic E-state index is 5.58. The Kier molecular flexibility index (Phi) is 17.1. The highest BCUT2D eigenvalue weighted by Crippen LogP contribution is 2.02. The normalized spacial score (nSPS) is 10.6. The summed E-state index contributed by atoms with van der Waals surface area (Å²) in [5.74, 6) is 0.728. The van der Waals surface area contributed by atoms with Gasteiger partial charge in [-0.1, -0.05) is 38.3 Å². The van der Waals surface area contributed by atoms with Crippen molar-refractivity contribution in [3.05, 3.63) is 30.0 Å². The maximum Gasteiger partial charge on any atom is 0.0647 e. The monoisotopic (exact) mass is 284 g/mol. The van der Waals surface area contributed by atoms with Crippen LogP contribution in [0.5, 0.6) is 0 Å². The fraction of sp³-hybridized carbons (Fsp3) is 0.706. The van der Waals surface area contributed by atoms with Crippen LogP contribution in [0.15, 0.2) is 30.0 Å². The second-order valence-electron chi connectivity index (χ2n) is 4.59. The number of unbranched alkanes of at least 4 members (excludes halogenated alkanes) is 5. The molecular weight excluding hydrogens is 256 g/mol. The molecule has 2 heteroatoms. The van der Waals surface area contributed by atoms with Gasteiger partial charge in [-0.05, 0) is 44.3 Å². The van der Waals surface area contributed by atoms with Crippen LogP contribution in [0.3, 0.4) is 0 Å². The number of hydrogen-bond acceptors (Lipinski definition) is 1. The molecule has 0 aliphatic rings. The summed E-state index contributed by atoms with van der Waals surface area (Å²) >= 11 is 5.58. The molecule has 0 atom stereocenters. The summed E-state index contributed by atoms with van der Waals surface area (Å²) in [5, 5.41) is 0. The van der Waals surface area contributed by atoms with Crippen molar-refractivity contribution < 1.29 is 4.74 Å². The van der Waals surface area contributed by atoms with E-state index in [0.29, 0.717) is 0 Å². The third kappa shape index (κ3) is 17.5. The summed E-state index contributed by atoms with van der Waals surface area (Å²) in [7, 11) is 0. The zero-order valence-electron chi connectivity index (χ0n) is 12.4. The highest BCUT2D eigenvalue weighted by Gasteiger charge is 1.85. The highest BCUT2D eigenvalue weighted by atomic mass is 35.5. The number of hydrogen-bond donors (Lipinski definition) is 0. The molecule has 110 valence electrons. The quantitative estimate of drug-likeness (QED) is 0.184. The van der Waals surface area contributed by atoms with E-state index in [4.69, 9.17) is 16.3 Å². The van der Waals surface area contributed by atoms with Gasteiger partial charge in [0.05, 0.1) is 13.2 Å². The Morgan fingerprint density at radius 1 is 0.947 bits per heavy atom. The van der Waals surface area contributed by atoms with Gasteiger partial charge in [0.1, 0.15) is 0 Å². The predicted octanol–water partition coefficient (Wildman–Crippen LogP) is 5.65. The lowest BCUT2D eigenvalue weighted by Gasteiger charge is -1.97. The van der Waals surface area contributed by atoms with Crippen LogP contribution in [0.1, 0.15) is 58.3 Å². The molecule has 0 aromatic carbocycles. The zero-order chi connectivity index (χ0) is 14.0. The molecule has 0 aliphatic heterocycles. The molecule has 1 nitrogen and oxygen atoms in total. The first-order chi connectivity index (χ1) is 9.41. The van der Waals surface area contributed by atoms with Crippen LogP contribution in [0, 0.1) is 0 Å². The van der Waals surface area contributed by atoms with Crippen molar-refractivity contribution in [1.82, 2.24) is 0 Å². The Hall–Kier alpha value is -0.490. The Balaban J connectivity index is 3.21. The van der Waals surface area contributed by atoms with E-state index in [9.17, 15) is 0 Å². The second kappa shape index (κ2) is 17.5. The molecule has 0 amide bonds. The molecule has 0 aromatic heterocycles. The van der Waals surface area contributed by atoms with E-state index in [1.165, 1.54) is 32.1 Å². The van der Waals surface area contributed by atoms with Crippen LogP contribution in [-0.2, 0) is 4.74 Å². The molecule has 0 unspecified atom stereocenters. The molecule has 19 heavy (non-hydrogen) atoms. The molecule has 0 fully saturated rings. The zero-order valence-corrected chi connectivity index (χ0v) is 13.1.